The van der Waals surface area contributed by atoms with E-state index in [-0.39, 0.29) is 5.91 Å². The average Bonchev–Trinajstić information content (AvgIpc) is 2.69. The highest BCUT2D eigenvalue weighted by Gasteiger charge is 2.08. The zero-order chi connectivity index (χ0) is 19.9. The van der Waals surface area contributed by atoms with Crippen molar-refractivity contribution in [3.63, 3.8) is 0 Å². The van der Waals surface area contributed by atoms with Crippen molar-refractivity contribution in [2.75, 3.05) is 0 Å². The van der Waals surface area contributed by atoms with E-state index >= 15 is 0 Å². The van der Waals surface area contributed by atoms with Gasteiger partial charge in [-0.3, -0.25) is 4.79 Å². The molecule has 5 nitrogen and oxygen atoms in total. The van der Waals surface area contributed by atoms with Crippen molar-refractivity contribution in [2.45, 2.75) is 6.92 Å². The Hall–Kier alpha value is -3.44. The third-order valence-corrected chi connectivity index (χ3v) is 4.08. The second-order valence-electron chi connectivity index (χ2n) is 6.03. The van der Waals surface area contributed by atoms with Gasteiger partial charge in [-0.15, -0.1) is 0 Å². The molecule has 1 amide bonds. The van der Waals surface area contributed by atoms with E-state index < -0.39 is 5.97 Å². The molecule has 0 fully saturated rings. The molecule has 3 aromatic carbocycles. The van der Waals surface area contributed by atoms with E-state index in [2.05, 4.69) is 10.5 Å². The number of nitrogens with one attached hydrogen (secondary N) is 1. The van der Waals surface area contributed by atoms with E-state index in [1.54, 1.807) is 60.7 Å². The zero-order valence-electron chi connectivity index (χ0n) is 15.1. The molecule has 6 heteroatoms. The lowest BCUT2D eigenvalue weighted by atomic mass is 10.1. The normalized spacial score (nSPS) is 10.6. The molecule has 0 bridgehead atoms. The number of rotatable bonds is 5. The maximum absolute atomic E-state index is 12.1. The SMILES string of the molecule is Cc1ccc(C(=O)Oc2ccc(/C=N/NC(=O)c3cccc(Cl)c3)cc2)cc1. The molecule has 0 aliphatic rings. The number of nitrogens with zero attached hydrogens (tertiary/aromatic N) is 1. The van der Waals surface area contributed by atoms with Crippen molar-refractivity contribution < 1.29 is 14.3 Å². The summed E-state index contributed by atoms with van der Waals surface area (Å²) in [6.45, 7) is 1.95. The summed E-state index contributed by atoms with van der Waals surface area (Å²) < 4.78 is 5.34. The Morgan fingerprint density at radius 1 is 0.964 bits per heavy atom. The first-order valence-corrected chi connectivity index (χ1v) is 8.87. The van der Waals surface area contributed by atoms with Gasteiger partial charge in [-0.2, -0.15) is 5.10 Å². The van der Waals surface area contributed by atoms with Crippen LogP contribution < -0.4 is 10.2 Å². The van der Waals surface area contributed by atoms with Crippen molar-refractivity contribution in [2.24, 2.45) is 5.10 Å². The number of aryl methyl sites for hydroxylation is 1. The molecule has 28 heavy (non-hydrogen) atoms. The number of amides is 1. The fraction of sp³-hybridized carbons (Fsp3) is 0.0455. The summed E-state index contributed by atoms with van der Waals surface area (Å²) in [4.78, 5) is 24.1. The van der Waals surface area contributed by atoms with Crippen LogP contribution in [0.4, 0.5) is 0 Å². The monoisotopic (exact) mass is 392 g/mol. The van der Waals surface area contributed by atoms with Gasteiger partial charge in [-0.25, -0.2) is 10.2 Å². The summed E-state index contributed by atoms with van der Waals surface area (Å²) in [7, 11) is 0. The predicted octanol–water partition coefficient (Wildman–Crippen LogP) is 4.63. The number of ether oxygens (including phenoxy) is 1. The number of hydrogen-bond donors (Lipinski definition) is 1. The minimum atomic E-state index is -0.421. The molecular weight excluding hydrogens is 376 g/mol. The molecular formula is C22H17ClN2O3. The van der Waals surface area contributed by atoms with Crippen LogP contribution >= 0.6 is 11.6 Å². The molecule has 0 saturated carbocycles. The predicted molar refractivity (Wildman–Crippen MR) is 109 cm³/mol. The molecule has 0 unspecified atom stereocenters. The van der Waals surface area contributed by atoms with Crippen molar-refractivity contribution in [1.82, 2.24) is 5.43 Å². The largest absolute Gasteiger partial charge is 0.423 e. The Balaban J connectivity index is 1.56. The van der Waals surface area contributed by atoms with Crippen molar-refractivity contribution in [3.05, 3.63) is 100 Å². The maximum Gasteiger partial charge on any atom is 0.343 e. The van der Waals surface area contributed by atoms with E-state index in [0.717, 1.165) is 11.1 Å². The molecule has 3 rings (SSSR count). The topological polar surface area (TPSA) is 67.8 Å². The van der Waals surface area contributed by atoms with Crippen LogP contribution in [-0.2, 0) is 0 Å². The first-order chi connectivity index (χ1) is 13.5. The summed E-state index contributed by atoms with van der Waals surface area (Å²) in [6.07, 6.45) is 1.49. The summed E-state index contributed by atoms with van der Waals surface area (Å²) in [5.41, 5.74) is 5.15. The highest BCUT2D eigenvalue weighted by molar-refractivity contribution is 6.30. The van der Waals surface area contributed by atoms with Crippen LogP contribution in [0.2, 0.25) is 5.02 Å². The van der Waals surface area contributed by atoms with Gasteiger partial charge in [0.2, 0.25) is 0 Å². The van der Waals surface area contributed by atoms with Crippen LogP contribution in [0.1, 0.15) is 31.8 Å². The summed E-state index contributed by atoms with van der Waals surface area (Å²) in [5.74, 6) is -0.358. The Kier molecular flexibility index (Phi) is 6.19. The van der Waals surface area contributed by atoms with Crippen molar-refractivity contribution >= 4 is 29.7 Å². The Morgan fingerprint density at radius 2 is 1.68 bits per heavy atom. The quantitative estimate of drug-likeness (QED) is 0.298. The van der Waals surface area contributed by atoms with E-state index in [1.807, 2.05) is 19.1 Å². The molecule has 0 radical (unpaired) electrons. The summed E-state index contributed by atoms with van der Waals surface area (Å²) in [5, 5.41) is 4.40. The molecule has 0 aromatic heterocycles. The van der Waals surface area contributed by atoms with Gasteiger partial charge in [0.15, 0.2) is 0 Å². The molecule has 0 saturated heterocycles. The zero-order valence-corrected chi connectivity index (χ0v) is 15.8. The highest BCUT2D eigenvalue weighted by Crippen LogP contribution is 2.14. The first-order valence-electron chi connectivity index (χ1n) is 8.49. The fourth-order valence-corrected chi connectivity index (χ4v) is 2.53. The Labute approximate surface area is 167 Å². The third-order valence-electron chi connectivity index (χ3n) is 3.84. The minimum Gasteiger partial charge on any atom is -0.423 e. The Morgan fingerprint density at radius 3 is 2.36 bits per heavy atom. The Bertz CT molecular complexity index is 1010. The van der Waals surface area contributed by atoms with E-state index in [0.29, 0.717) is 21.9 Å². The third kappa shape index (κ3) is 5.28. The molecule has 0 aliphatic carbocycles. The van der Waals surface area contributed by atoms with Gasteiger partial charge in [0, 0.05) is 10.6 Å². The van der Waals surface area contributed by atoms with Crippen molar-refractivity contribution in [1.29, 1.82) is 0 Å². The number of carbonyl (C=O) groups is 2. The molecule has 0 aliphatic heterocycles. The van der Waals surface area contributed by atoms with Crippen LogP contribution in [0, 0.1) is 6.92 Å². The lowest BCUT2D eigenvalue weighted by molar-refractivity contribution is 0.0734. The number of benzene rings is 3. The van der Waals surface area contributed by atoms with Gasteiger partial charge in [0.05, 0.1) is 11.8 Å². The van der Waals surface area contributed by atoms with E-state index in [9.17, 15) is 9.59 Å². The number of esters is 1. The smallest absolute Gasteiger partial charge is 0.343 e. The van der Waals surface area contributed by atoms with Gasteiger partial charge in [-0.05, 0) is 67.1 Å². The average molecular weight is 393 g/mol. The standard InChI is InChI=1S/C22H17ClN2O3/c1-15-5-9-17(10-6-15)22(27)28-20-11-7-16(8-12-20)14-24-25-21(26)18-3-2-4-19(23)13-18/h2-14H,1H3,(H,25,26)/b24-14+. The van der Waals surface area contributed by atoms with Gasteiger partial charge >= 0.3 is 5.97 Å². The van der Waals surface area contributed by atoms with E-state index in [4.69, 9.17) is 16.3 Å². The minimum absolute atomic E-state index is 0.359. The summed E-state index contributed by atoms with van der Waals surface area (Å²) in [6, 6.07) is 20.5. The molecule has 1 N–H and O–H groups in total. The highest BCUT2D eigenvalue weighted by atomic mass is 35.5. The number of halogens is 1. The number of hydrazone groups is 1. The van der Waals surface area contributed by atoms with Crippen LogP contribution in [-0.4, -0.2) is 18.1 Å². The lowest BCUT2D eigenvalue weighted by Crippen LogP contribution is -2.17. The second-order valence-corrected chi connectivity index (χ2v) is 6.47. The molecule has 0 atom stereocenters. The van der Waals surface area contributed by atoms with Gasteiger partial charge in [0.25, 0.3) is 5.91 Å². The van der Waals surface area contributed by atoms with Gasteiger partial charge in [-0.1, -0.05) is 35.4 Å². The van der Waals surface area contributed by atoms with E-state index in [1.165, 1.54) is 6.21 Å². The van der Waals surface area contributed by atoms with Gasteiger partial charge < -0.3 is 4.74 Å². The van der Waals surface area contributed by atoms with Crippen LogP contribution in [0.5, 0.6) is 5.75 Å². The van der Waals surface area contributed by atoms with Crippen LogP contribution in [0.3, 0.4) is 0 Å². The van der Waals surface area contributed by atoms with Crippen LogP contribution in [0.25, 0.3) is 0 Å². The number of carbonyl (C=O) groups excluding carboxylic acids is 2. The molecule has 0 heterocycles. The maximum atomic E-state index is 12.1. The number of hydrogen-bond acceptors (Lipinski definition) is 4. The van der Waals surface area contributed by atoms with Gasteiger partial charge in [0.1, 0.15) is 5.75 Å². The second kappa shape index (κ2) is 8.97. The van der Waals surface area contributed by atoms with Crippen LogP contribution in [0.15, 0.2) is 77.9 Å². The lowest BCUT2D eigenvalue weighted by Gasteiger charge is -2.05. The molecule has 140 valence electrons. The summed E-state index contributed by atoms with van der Waals surface area (Å²) >= 11 is 5.86. The first kappa shape index (κ1) is 19.3. The van der Waals surface area contributed by atoms with Crippen molar-refractivity contribution in [3.8, 4) is 5.75 Å². The molecule has 0 spiro atoms. The molecule has 3 aromatic rings. The fourth-order valence-electron chi connectivity index (χ4n) is 2.34.